The summed E-state index contributed by atoms with van der Waals surface area (Å²) in [4.78, 5) is 28.7. The van der Waals surface area contributed by atoms with Gasteiger partial charge in [-0.1, -0.05) is 30.3 Å². The Bertz CT molecular complexity index is 768. The van der Waals surface area contributed by atoms with Crippen LogP contribution in [0.15, 0.2) is 30.3 Å². The van der Waals surface area contributed by atoms with Crippen molar-refractivity contribution in [3.63, 3.8) is 0 Å². The number of hydrogen-bond acceptors (Lipinski definition) is 5. The van der Waals surface area contributed by atoms with Crippen LogP contribution in [-0.4, -0.2) is 65.9 Å². The molecular weight excluding hydrogens is 382 g/mol. The molecule has 0 bridgehead atoms. The van der Waals surface area contributed by atoms with E-state index in [0.717, 1.165) is 38.0 Å². The molecule has 164 valence electrons. The van der Waals surface area contributed by atoms with Crippen molar-refractivity contribution in [2.24, 2.45) is 11.8 Å². The van der Waals surface area contributed by atoms with Crippen LogP contribution in [0.4, 0.5) is 9.59 Å². The molecule has 0 saturated carbocycles. The number of rotatable bonds is 2. The third-order valence-electron chi connectivity index (χ3n) is 6.64. The summed E-state index contributed by atoms with van der Waals surface area (Å²) >= 11 is 0. The summed E-state index contributed by atoms with van der Waals surface area (Å²) in [5.41, 5.74) is 0.519. The molecular formula is C23H33N3O4. The van der Waals surface area contributed by atoms with E-state index in [1.54, 1.807) is 0 Å². The Hall–Kier alpha value is -2.28. The van der Waals surface area contributed by atoms with Crippen molar-refractivity contribution in [1.29, 1.82) is 0 Å². The van der Waals surface area contributed by atoms with Gasteiger partial charge >= 0.3 is 12.2 Å². The summed E-state index contributed by atoms with van der Waals surface area (Å²) in [7, 11) is 0. The van der Waals surface area contributed by atoms with E-state index in [4.69, 9.17) is 9.47 Å². The van der Waals surface area contributed by atoms with E-state index >= 15 is 0 Å². The zero-order valence-corrected chi connectivity index (χ0v) is 18.2. The molecule has 1 aromatic carbocycles. The van der Waals surface area contributed by atoms with Gasteiger partial charge in [0.15, 0.2) is 0 Å². The zero-order valence-electron chi connectivity index (χ0n) is 18.2. The minimum absolute atomic E-state index is 0.00234. The van der Waals surface area contributed by atoms with Gasteiger partial charge in [-0.3, -0.25) is 0 Å². The number of nitrogens with one attached hydrogen (secondary N) is 1. The molecule has 0 radical (unpaired) electrons. The number of carbonyl (C=O) groups excluding carboxylic acids is 2. The maximum Gasteiger partial charge on any atom is 0.410 e. The molecule has 2 atom stereocenters. The van der Waals surface area contributed by atoms with Crippen molar-refractivity contribution in [2.45, 2.75) is 51.4 Å². The second kappa shape index (κ2) is 8.10. The zero-order chi connectivity index (χ0) is 21.4. The van der Waals surface area contributed by atoms with E-state index < -0.39 is 5.60 Å². The molecule has 3 heterocycles. The van der Waals surface area contributed by atoms with Crippen molar-refractivity contribution in [3.8, 4) is 0 Å². The maximum absolute atomic E-state index is 12.6. The first-order valence-electron chi connectivity index (χ1n) is 10.9. The van der Waals surface area contributed by atoms with Gasteiger partial charge in [-0.05, 0) is 45.1 Å². The van der Waals surface area contributed by atoms with Crippen LogP contribution in [0.3, 0.4) is 0 Å². The number of amides is 2. The number of carbonyl (C=O) groups is 2. The Kier molecular flexibility index (Phi) is 5.66. The van der Waals surface area contributed by atoms with E-state index in [2.05, 4.69) is 5.32 Å². The van der Waals surface area contributed by atoms with Crippen LogP contribution in [0, 0.1) is 11.8 Å². The minimum Gasteiger partial charge on any atom is -0.445 e. The quantitative estimate of drug-likeness (QED) is 0.803. The summed E-state index contributed by atoms with van der Waals surface area (Å²) in [5.74, 6) is 0.852. The lowest BCUT2D eigenvalue weighted by Crippen LogP contribution is -2.56. The first-order valence-corrected chi connectivity index (χ1v) is 10.9. The summed E-state index contributed by atoms with van der Waals surface area (Å²) in [6.45, 7) is 9.73. The summed E-state index contributed by atoms with van der Waals surface area (Å²) < 4.78 is 11.1. The van der Waals surface area contributed by atoms with Crippen LogP contribution in [0.1, 0.15) is 39.2 Å². The first kappa shape index (κ1) is 21.0. The summed E-state index contributed by atoms with van der Waals surface area (Å²) in [6.07, 6.45) is 1.32. The number of nitrogens with zero attached hydrogens (tertiary/aromatic N) is 2. The number of piperidine rings is 1. The van der Waals surface area contributed by atoms with Gasteiger partial charge in [-0.2, -0.15) is 0 Å². The van der Waals surface area contributed by atoms with Gasteiger partial charge in [-0.15, -0.1) is 0 Å². The lowest BCUT2D eigenvalue weighted by Gasteiger charge is -2.43. The van der Waals surface area contributed by atoms with E-state index in [0.29, 0.717) is 31.5 Å². The van der Waals surface area contributed by atoms with Gasteiger partial charge in [0, 0.05) is 44.2 Å². The average molecular weight is 416 g/mol. The molecule has 7 nitrogen and oxygen atoms in total. The van der Waals surface area contributed by atoms with E-state index in [-0.39, 0.29) is 17.7 Å². The molecule has 30 heavy (non-hydrogen) atoms. The van der Waals surface area contributed by atoms with Gasteiger partial charge in [0.2, 0.25) is 0 Å². The molecule has 0 aliphatic carbocycles. The molecule has 0 aromatic heterocycles. The van der Waals surface area contributed by atoms with Gasteiger partial charge in [0.05, 0.1) is 0 Å². The van der Waals surface area contributed by atoms with Crippen molar-refractivity contribution in [2.75, 3.05) is 32.7 Å². The van der Waals surface area contributed by atoms with Crippen molar-refractivity contribution >= 4 is 12.2 Å². The SMILES string of the molecule is CC(C)(C)OC(=O)N1CCC2(CC1)NCC1CN(C(=O)OCc3ccccc3)CC12. The predicted octanol–water partition coefficient (Wildman–Crippen LogP) is 3.24. The summed E-state index contributed by atoms with van der Waals surface area (Å²) in [5, 5.41) is 3.74. The molecule has 3 aliphatic rings. The fourth-order valence-electron chi connectivity index (χ4n) is 5.09. The molecule has 3 aliphatic heterocycles. The largest absolute Gasteiger partial charge is 0.445 e. The highest BCUT2D eigenvalue weighted by atomic mass is 16.6. The van der Waals surface area contributed by atoms with Crippen LogP contribution in [0.2, 0.25) is 0 Å². The fourth-order valence-corrected chi connectivity index (χ4v) is 5.09. The van der Waals surface area contributed by atoms with Gasteiger partial charge in [-0.25, -0.2) is 9.59 Å². The monoisotopic (exact) mass is 415 g/mol. The van der Waals surface area contributed by atoms with Crippen molar-refractivity contribution in [3.05, 3.63) is 35.9 Å². The second-order valence-corrected chi connectivity index (χ2v) is 9.82. The Morgan fingerprint density at radius 2 is 1.77 bits per heavy atom. The maximum atomic E-state index is 12.6. The van der Waals surface area contributed by atoms with E-state index in [9.17, 15) is 9.59 Å². The molecule has 1 spiro atoms. The average Bonchev–Trinajstić information content (AvgIpc) is 3.28. The Morgan fingerprint density at radius 1 is 1.07 bits per heavy atom. The Balaban J connectivity index is 1.31. The van der Waals surface area contributed by atoms with Crippen LogP contribution in [0.5, 0.6) is 0 Å². The highest BCUT2D eigenvalue weighted by Gasteiger charge is 2.54. The smallest absolute Gasteiger partial charge is 0.410 e. The molecule has 1 aromatic rings. The second-order valence-electron chi connectivity index (χ2n) is 9.82. The first-order chi connectivity index (χ1) is 14.3. The molecule has 1 N–H and O–H groups in total. The number of likely N-dealkylation sites (tertiary alicyclic amines) is 2. The highest BCUT2D eigenvalue weighted by Crippen LogP contribution is 2.43. The summed E-state index contributed by atoms with van der Waals surface area (Å²) in [6, 6.07) is 9.77. The number of hydrogen-bond donors (Lipinski definition) is 1. The van der Waals surface area contributed by atoms with E-state index in [1.807, 2.05) is 60.9 Å². The van der Waals surface area contributed by atoms with Crippen LogP contribution >= 0.6 is 0 Å². The molecule has 4 rings (SSSR count). The topological polar surface area (TPSA) is 71.1 Å². The Morgan fingerprint density at radius 3 is 2.43 bits per heavy atom. The molecule has 2 unspecified atom stereocenters. The normalized spacial score (nSPS) is 25.3. The number of benzene rings is 1. The highest BCUT2D eigenvalue weighted by molar-refractivity contribution is 5.69. The van der Waals surface area contributed by atoms with Crippen LogP contribution in [-0.2, 0) is 16.1 Å². The third kappa shape index (κ3) is 4.41. The van der Waals surface area contributed by atoms with Crippen molar-refractivity contribution < 1.29 is 19.1 Å². The molecule has 3 fully saturated rings. The predicted molar refractivity (Wildman–Crippen MR) is 113 cm³/mol. The molecule has 7 heteroatoms. The lowest BCUT2D eigenvalue weighted by molar-refractivity contribution is 0.0125. The number of fused-ring (bicyclic) bond motifs is 2. The van der Waals surface area contributed by atoms with Gasteiger partial charge < -0.3 is 24.6 Å². The van der Waals surface area contributed by atoms with Crippen LogP contribution < -0.4 is 5.32 Å². The van der Waals surface area contributed by atoms with E-state index in [1.165, 1.54) is 0 Å². The standard InChI is InChI=1S/C23H33N3O4/c1-22(2,3)30-21(28)25-11-9-23(10-12-25)19-15-26(14-18(19)13-24-23)20(27)29-16-17-7-5-4-6-8-17/h4-8,18-19,24H,9-16H2,1-3H3. The Labute approximate surface area is 178 Å². The minimum atomic E-state index is -0.477. The molecule has 3 saturated heterocycles. The number of ether oxygens (including phenoxy) is 2. The fraction of sp³-hybridized carbons (Fsp3) is 0.652. The lowest BCUT2D eigenvalue weighted by atomic mass is 9.75. The van der Waals surface area contributed by atoms with Gasteiger partial charge in [0.25, 0.3) is 0 Å². The third-order valence-corrected chi connectivity index (χ3v) is 6.64. The molecule has 2 amide bonds. The van der Waals surface area contributed by atoms with Crippen molar-refractivity contribution in [1.82, 2.24) is 15.1 Å². The van der Waals surface area contributed by atoms with Gasteiger partial charge in [0.1, 0.15) is 12.2 Å². The van der Waals surface area contributed by atoms with Crippen LogP contribution in [0.25, 0.3) is 0 Å².